The number of carbonyl (C=O) groups is 1. The number of nitrogens with one attached hydrogen (secondary N) is 1. The maximum absolute atomic E-state index is 12.4. The van der Waals surface area contributed by atoms with Crippen molar-refractivity contribution in [1.29, 1.82) is 0 Å². The number of methoxy groups -OCH3 is 1. The van der Waals surface area contributed by atoms with Gasteiger partial charge in [0.1, 0.15) is 5.75 Å². The Morgan fingerprint density at radius 2 is 1.68 bits per heavy atom. The molecule has 160 valence electrons. The van der Waals surface area contributed by atoms with Crippen LogP contribution in [0.3, 0.4) is 0 Å². The van der Waals surface area contributed by atoms with E-state index in [0.29, 0.717) is 6.54 Å². The topological polar surface area (TPSA) is 57.2 Å². The zero-order valence-electron chi connectivity index (χ0n) is 17.8. The van der Waals surface area contributed by atoms with Gasteiger partial charge in [-0.3, -0.25) is 14.6 Å². The highest BCUT2D eigenvalue weighted by Gasteiger charge is 2.18. The molecule has 0 aromatic heterocycles. The van der Waals surface area contributed by atoms with Crippen molar-refractivity contribution in [1.82, 2.24) is 15.2 Å². The van der Waals surface area contributed by atoms with E-state index in [-0.39, 0.29) is 5.91 Å². The van der Waals surface area contributed by atoms with Gasteiger partial charge in [0.2, 0.25) is 0 Å². The SMILES string of the molecule is COc1ccc2ccccc2c1/C=N/NC(=O)CN1CCN(Cc2ccccc2)CC1. The molecule has 1 heterocycles. The summed E-state index contributed by atoms with van der Waals surface area (Å²) in [5.41, 5.74) is 4.85. The quantitative estimate of drug-likeness (QED) is 0.475. The molecule has 1 aliphatic heterocycles. The number of ether oxygens (including phenoxy) is 1. The fraction of sp³-hybridized carbons (Fsp3) is 0.280. The first kappa shape index (κ1) is 21.0. The summed E-state index contributed by atoms with van der Waals surface area (Å²) in [7, 11) is 1.64. The van der Waals surface area contributed by atoms with Crippen LogP contribution in [0.1, 0.15) is 11.1 Å². The second kappa shape index (κ2) is 10.2. The third-order valence-electron chi connectivity index (χ3n) is 5.61. The van der Waals surface area contributed by atoms with E-state index >= 15 is 0 Å². The number of carbonyl (C=O) groups excluding carboxylic acids is 1. The third kappa shape index (κ3) is 5.48. The summed E-state index contributed by atoms with van der Waals surface area (Å²) in [5.74, 6) is 0.623. The molecule has 0 spiro atoms. The molecule has 3 aromatic carbocycles. The summed E-state index contributed by atoms with van der Waals surface area (Å²) in [5, 5.41) is 6.33. The molecule has 1 saturated heterocycles. The van der Waals surface area contributed by atoms with Crippen LogP contribution in [-0.4, -0.2) is 61.8 Å². The predicted molar refractivity (Wildman–Crippen MR) is 124 cm³/mol. The van der Waals surface area contributed by atoms with Gasteiger partial charge >= 0.3 is 0 Å². The molecule has 0 bridgehead atoms. The molecule has 31 heavy (non-hydrogen) atoms. The number of benzene rings is 3. The van der Waals surface area contributed by atoms with Crippen LogP contribution in [-0.2, 0) is 11.3 Å². The van der Waals surface area contributed by atoms with Crippen molar-refractivity contribution in [2.75, 3.05) is 39.8 Å². The smallest absolute Gasteiger partial charge is 0.254 e. The van der Waals surface area contributed by atoms with Gasteiger partial charge in [-0.2, -0.15) is 5.10 Å². The number of hydrogen-bond donors (Lipinski definition) is 1. The van der Waals surface area contributed by atoms with E-state index in [2.05, 4.69) is 44.6 Å². The number of rotatable bonds is 7. The van der Waals surface area contributed by atoms with E-state index < -0.39 is 0 Å². The highest BCUT2D eigenvalue weighted by molar-refractivity contribution is 6.02. The van der Waals surface area contributed by atoms with Crippen LogP contribution in [0.25, 0.3) is 10.8 Å². The first-order chi connectivity index (χ1) is 15.2. The largest absolute Gasteiger partial charge is 0.496 e. The van der Waals surface area contributed by atoms with Crippen molar-refractivity contribution >= 4 is 22.9 Å². The van der Waals surface area contributed by atoms with Crippen molar-refractivity contribution in [2.45, 2.75) is 6.54 Å². The van der Waals surface area contributed by atoms with E-state index in [1.54, 1.807) is 13.3 Å². The molecule has 0 aliphatic carbocycles. The summed E-state index contributed by atoms with van der Waals surface area (Å²) < 4.78 is 5.47. The van der Waals surface area contributed by atoms with Crippen molar-refractivity contribution < 1.29 is 9.53 Å². The standard InChI is InChI=1S/C25H28N4O2/c1-31-24-12-11-21-9-5-6-10-22(21)23(24)17-26-27-25(30)19-29-15-13-28(14-16-29)18-20-7-3-2-4-8-20/h2-12,17H,13-16,18-19H2,1H3,(H,27,30)/b26-17+. The van der Waals surface area contributed by atoms with Gasteiger partial charge in [-0.15, -0.1) is 0 Å². The number of amides is 1. The average molecular weight is 417 g/mol. The molecular formula is C25H28N4O2. The second-order valence-electron chi connectivity index (χ2n) is 7.73. The van der Waals surface area contributed by atoms with Crippen molar-refractivity contribution in [3.05, 3.63) is 77.9 Å². The van der Waals surface area contributed by atoms with Crippen molar-refractivity contribution in [3.63, 3.8) is 0 Å². The van der Waals surface area contributed by atoms with Crippen LogP contribution in [0.4, 0.5) is 0 Å². The Balaban J connectivity index is 1.28. The average Bonchev–Trinajstić information content (AvgIpc) is 2.81. The number of fused-ring (bicyclic) bond motifs is 1. The molecule has 0 unspecified atom stereocenters. The van der Waals surface area contributed by atoms with Gasteiger partial charge in [-0.1, -0.05) is 60.7 Å². The van der Waals surface area contributed by atoms with Crippen LogP contribution >= 0.6 is 0 Å². The highest BCUT2D eigenvalue weighted by atomic mass is 16.5. The summed E-state index contributed by atoms with van der Waals surface area (Å²) in [6, 6.07) is 22.5. The minimum atomic E-state index is -0.105. The van der Waals surface area contributed by atoms with Crippen LogP contribution in [0.15, 0.2) is 71.8 Å². The lowest BCUT2D eigenvalue weighted by molar-refractivity contribution is -0.122. The van der Waals surface area contributed by atoms with E-state index in [9.17, 15) is 4.79 Å². The van der Waals surface area contributed by atoms with Gasteiger partial charge in [0.15, 0.2) is 0 Å². The predicted octanol–water partition coefficient (Wildman–Crippen LogP) is 3.12. The first-order valence-electron chi connectivity index (χ1n) is 10.6. The molecule has 1 aliphatic rings. The molecular weight excluding hydrogens is 388 g/mol. The molecule has 1 amide bonds. The van der Waals surface area contributed by atoms with E-state index in [4.69, 9.17) is 4.74 Å². The Morgan fingerprint density at radius 1 is 0.968 bits per heavy atom. The minimum Gasteiger partial charge on any atom is -0.496 e. The monoisotopic (exact) mass is 416 g/mol. The van der Waals surface area contributed by atoms with Gasteiger partial charge < -0.3 is 4.74 Å². The van der Waals surface area contributed by atoms with Crippen LogP contribution in [0, 0.1) is 0 Å². The fourth-order valence-corrected chi connectivity index (χ4v) is 3.94. The van der Waals surface area contributed by atoms with Gasteiger partial charge in [0, 0.05) is 38.3 Å². The molecule has 6 heteroatoms. The maximum Gasteiger partial charge on any atom is 0.254 e. The molecule has 0 atom stereocenters. The lowest BCUT2D eigenvalue weighted by Crippen LogP contribution is -2.48. The van der Waals surface area contributed by atoms with E-state index in [1.807, 2.05) is 42.5 Å². The summed E-state index contributed by atoms with van der Waals surface area (Å²) in [4.78, 5) is 17.0. The summed E-state index contributed by atoms with van der Waals surface area (Å²) >= 11 is 0. The van der Waals surface area contributed by atoms with Gasteiger partial charge in [0.05, 0.1) is 19.9 Å². The van der Waals surface area contributed by atoms with Gasteiger partial charge in [-0.05, 0) is 22.4 Å². The van der Waals surface area contributed by atoms with Gasteiger partial charge in [0.25, 0.3) is 5.91 Å². The Morgan fingerprint density at radius 3 is 2.45 bits per heavy atom. The summed E-state index contributed by atoms with van der Waals surface area (Å²) in [6.45, 7) is 4.97. The summed E-state index contributed by atoms with van der Waals surface area (Å²) in [6.07, 6.45) is 1.66. The number of nitrogens with zero attached hydrogens (tertiary/aromatic N) is 3. The maximum atomic E-state index is 12.4. The molecule has 6 nitrogen and oxygen atoms in total. The Hall–Kier alpha value is -3.22. The zero-order chi connectivity index (χ0) is 21.5. The van der Waals surface area contributed by atoms with Crippen molar-refractivity contribution in [3.8, 4) is 5.75 Å². The lowest BCUT2D eigenvalue weighted by atomic mass is 10.0. The fourth-order valence-electron chi connectivity index (χ4n) is 3.94. The third-order valence-corrected chi connectivity index (χ3v) is 5.61. The number of piperazine rings is 1. The normalized spacial score (nSPS) is 15.4. The van der Waals surface area contributed by atoms with E-state index in [0.717, 1.165) is 54.8 Å². The van der Waals surface area contributed by atoms with Gasteiger partial charge in [-0.25, -0.2) is 5.43 Å². The highest BCUT2D eigenvalue weighted by Crippen LogP contribution is 2.26. The molecule has 1 N–H and O–H groups in total. The molecule has 0 saturated carbocycles. The molecule has 3 aromatic rings. The Kier molecular flexibility index (Phi) is 6.92. The minimum absolute atomic E-state index is 0.105. The number of hydrogen-bond acceptors (Lipinski definition) is 5. The molecule has 4 rings (SSSR count). The zero-order valence-corrected chi connectivity index (χ0v) is 17.8. The van der Waals surface area contributed by atoms with Crippen molar-refractivity contribution in [2.24, 2.45) is 5.10 Å². The Bertz CT molecular complexity index is 1040. The molecule has 0 radical (unpaired) electrons. The lowest BCUT2D eigenvalue weighted by Gasteiger charge is -2.34. The molecule has 1 fully saturated rings. The van der Waals surface area contributed by atoms with Crippen LogP contribution in [0.2, 0.25) is 0 Å². The van der Waals surface area contributed by atoms with Crippen LogP contribution in [0.5, 0.6) is 5.75 Å². The number of hydrazone groups is 1. The Labute approximate surface area is 183 Å². The van der Waals surface area contributed by atoms with E-state index in [1.165, 1.54) is 5.56 Å². The first-order valence-corrected chi connectivity index (χ1v) is 10.6. The van der Waals surface area contributed by atoms with Crippen LogP contribution < -0.4 is 10.2 Å². The second-order valence-corrected chi connectivity index (χ2v) is 7.73.